The molecule has 1 atom stereocenters. The molecule has 0 radical (unpaired) electrons. The van der Waals surface area contributed by atoms with E-state index in [-0.39, 0.29) is 12.0 Å². The second-order valence-corrected chi connectivity index (χ2v) is 6.88. The molecule has 3 nitrogen and oxygen atoms in total. The van der Waals surface area contributed by atoms with Gasteiger partial charge in [-0.25, -0.2) is 13.1 Å². The molecule has 0 aliphatic rings. The van der Waals surface area contributed by atoms with Crippen molar-refractivity contribution >= 4 is 20.8 Å². The highest BCUT2D eigenvalue weighted by Gasteiger charge is 2.19. The first-order valence-electron chi connectivity index (χ1n) is 6.41. The van der Waals surface area contributed by atoms with E-state index < -0.39 is 10.0 Å². The maximum atomic E-state index is 12.3. The van der Waals surface area contributed by atoms with Crippen molar-refractivity contribution in [3.8, 4) is 0 Å². The number of benzene rings is 2. The number of sulfonamides is 1. The molecular weight excluding hydrogens is 258 g/mol. The van der Waals surface area contributed by atoms with Crippen LogP contribution in [0.2, 0.25) is 0 Å². The van der Waals surface area contributed by atoms with Gasteiger partial charge in [0.1, 0.15) is 0 Å². The van der Waals surface area contributed by atoms with Gasteiger partial charge in [0.15, 0.2) is 0 Å². The molecule has 4 heteroatoms. The fourth-order valence-corrected chi connectivity index (χ4v) is 3.21. The standard InChI is InChI=1S/C15H19NO2S/c1-11(2)12(3)16-19(17,18)15-9-8-13-6-4-5-7-14(13)10-15/h4-12,16H,1-3H3. The maximum Gasteiger partial charge on any atom is 0.240 e. The van der Waals surface area contributed by atoms with Crippen LogP contribution in [0.15, 0.2) is 47.4 Å². The van der Waals surface area contributed by atoms with Gasteiger partial charge in [0.25, 0.3) is 0 Å². The van der Waals surface area contributed by atoms with E-state index in [1.165, 1.54) is 0 Å². The van der Waals surface area contributed by atoms with E-state index in [1.54, 1.807) is 12.1 Å². The van der Waals surface area contributed by atoms with Gasteiger partial charge in [0, 0.05) is 6.04 Å². The van der Waals surface area contributed by atoms with Gasteiger partial charge in [0.05, 0.1) is 4.90 Å². The molecular formula is C15H19NO2S. The summed E-state index contributed by atoms with van der Waals surface area (Å²) in [7, 11) is -3.45. The van der Waals surface area contributed by atoms with Crippen LogP contribution in [-0.2, 0) is 10.0 Å². The van der Waals surface area contributed by atoms with Crippen molar-refractivity contribution in [3.05, 3.63) is 42.5 Å². The number of hydrogen-bond acceptors (Lipinski definition) is 2. The van der Waals surface area contributed by atoms with E-state index in [0.717, 1.165) is 10.8 Å². The van der Waals surface area contributed by atoms with Crippen LogP contribution >= 0.6 is 0 Å². The molecule has 0 aromatic heterocycles. The summed E-state index contributed by atoms with van der Waals surface area (Å²) in [6, 6.07) is 12.8. The first-order chi connectivity index (χ1) is 8.90. The Labute approximate surface area is 114 Å². The zero-order valence-corrected chi connectivity index (χ0v) is 12.2. The van der Waals surface area contributed by atoms with Gasteiger partial charge in [-0.3, -0.25) is 0 Å². The molecule has 2 rings (SSSR count). The first-order valence-corrected chi connectivity index (χ1v) is 7.89. The molecule has 102 valence electrons. The van der Waals surface area contributed by atoms with Crippen LogP contribution in [0.5, 0.6) is 0 Å². The van der Waals surface area contributed by atoms with Gasteiger partial charge in [-0.15, -0.1) is 0 Å². The van der Waals surface area contributed by atoms with E-state index in [4.69, 9.17) is 0 Å². The Bertz CT molecular complexity index is 677. The second-order valence-electron chi connectivity index (χ2n) is 5.16. The summed E-state index contributed by atoms with van der Waals surface area (Å²) in [6.07, 6.45) is 0. The number of fused-ring (bicyclic) bond motifs is 1. The molecule has 0 spiro atoms. The summed E-state index contributed by atoms with van der Waals surface area (Å²) in [4.78, 5) is 0.318. The highest BCUT2D eigenvalue weighted by Crippen LogP contribution is 2.19. The molecule has 0 aliphatic carbocycles. The summed E-state index contributed by atoms with van der Waals surface area (Å²) in [6.45, 7) is 5.87. The fourth-order valence-electron chi connectivity index (χ4n) is 1.78. The molecule has 0 heterocycles. The van der Waals surface area contributed by atoms with E-state index >= 15 is 0 Å². The Balaban J connectivity index is 2.38. The molecule has 0 saturated heterocycles. The molecule has 0 fully saturated rings. The lowest BCUT2D eigenvalue weighted by molar-refractivity contribution is 0.476. The summed E-state index contributed by atoms with van der Waals surface area (Å²) in [5, 5.41) is 1.97. The van der Waals surface area contributed by atoms with Crippen LogP contribution in [0, 0.1) is 5.92 Å². The van der Waals surface area contributed by atoms with Crippen LogP contribution in [-0.4, -0.2) is 14.5 Å². The molecule has 2 aromatic carbocycles. The third-order valence-electron chi connectivity index (χ3n) is 3.37. The van der Waals surface area contributed by atoms with E-state index in [0.29, 0.717) is 4.90 Å². The van der Waals surface area contributed by atoms with Crippen LogP contribution in [0.4, 0.5) is 0 Å². The molecule has 1 N–H and O–H groups in total. The zero-order chi connectivity index (χ0) is 14.0. The van der Waals surface area contributed by atoms with Gasteiger partial charge >= 0.3 is 0 Å². The predicted molar refractivity (Wildman–Crippen MR) is 78.6 cm³/mol. The normalized spacial score (nSPS) is 13.9. The van der Waals surface area contributed by atoms with Crippen molar-refractivity contribution in [2.45, 2.75) is 31.7 Å². The molecule has 0 saturated carbocycles. The summed E-state index contributed by atoms with van der Waals surface area (Å²) in [5.41, 5.74) is 0. The zero-order valence-electron chi connectivity index (χ0n) is 11.4. The smallest absolute Gasteiger partial charge is 0.208 e. The van der Waals surface area contributed by atoms with Gasteiger partial charge in [-0.2, -0.15) is 0 Å². The largest absolute Gasteiger partial charge is 0.240 e. The topological polar surface area (TPSA) is 46.2 Å². The summed E-state index contributed by atoms with van der Waals surface area (Å²) >= 11 is 0. The quantitative estimate of drug-likeness (QED) is 0.933. The van der Waals surface area contributed by atoms with E-state index in [1.807, 2.05) is 51.1 Å². The first kappa shape index (κ1) is 14.0. The SMILES string of the molecule is CC(C)C(C)NS(=O)(=O)c1ccc2ccccc2c1. The van der Waals surface area contributed by atoms with Crippen molar-refractivity contribution in [1.29, 1.82) is 0 Å². The molecule has 0 bridgehead atoms. The molecule has 1 unspecified atom stereocenters. The minimum absolute atomic E-state index is 0.0866. The van der Waals surface area contributed by atoms with Crippen LogP contribution in [0.1, 0.15) is 20.8 Å². The fraction of sp³-hybridized carbons (Fsp3) is 0.333. The maximum absolute atomic E-state index is 12.3. The van der Waals surface area contributed by atoms with Crippen molar-refractivity contribution in [2.75, 3.05) is 0 Å². The number of rotatable bonds is 4. The minimum atomic E-state index is -3.45. The Morgan fingerprint density at radius 2 is 1.58 bits per heavy atom. The number of hydrogen-bond donors (Lipinski definition) is 1. The lowest BCUT2D eigenvalue weighted by atomic mass is 10.1. The van der Waals surface area contributed by atoms with Crippen LogP contribution in [0.25, 0.3) is 10.8 Å². The van der Waals surface area contributed by atoms with Crippen LogP contribution in [0.3, 0.4) is 0 Å². The highest BCUT2D eigenvalue weighted by atomic mass is 32.2. The average molecular weight is 277 g/mol. The van der Waals surface area contributed by atoms with Crippen molar-refractivity contribution < 1.29 is 8.42 Å². The van der Waals surface area contributed by atoms with Gasteiger partial charge < -0.3 is 0 Å². The summed E-state index contributed by atoms with van der Waals surface area (Å²) in [5.74, 6) is 0.259. The van der Waals surface area contributed by atoms with Gasteiger partial charge in [0.2, 0.25) is 10.0 Å². The van der Waals surface area contributed by atoms with Crippen molar-refractivity contribution in [1.82, 2.24) is 4.72 Å². The monoisotopic (exact) mass is 277 g/mol. The minimum Gasteiger partial charge on any atom is -0.208 e. The lowest BCUT2D eigenvalue weighted by Gasteiger charge is -2.17. The Kier molecular flexibility index (Phi) is 3.92. The number of nitrogens with one attached hydrogen (secondary N) is 1. The molecule has 2 aromatic rings. The van der Waals surface area contributed by atoms with Crippen LogP contribution < -0.4 is 4.72 Å². The highest BCUT2D eigenvalue weighted by molar-refractivity contribution is 7.89. The Hall–Kier alpha value is -1.39. The van der Waals surface area contributed by atoms with E-state index in [9.17, 15) is 8.42 Å². The second kappa shape index (κ2) is 5.31. The van der Waals surface area contributed by atoms with Gasteiger partial charge in [-0.1, -0.05) is 44.2 Å². The summed E-state index contributed by atoms with van der Waals surface area (Å²) < 4.78 is 27.3. The third kappa shape index (κ3) is 3.14. The predicted octanol–water partition coefficient (Wildman–Crippen LogP) is 3.16. The average Bonchev–Trinajstić information content (AvgIpc) is 2.37. The third-order valence-corrected chi connectivity index (χ3v) is 4.93. The lowest BCUT2D eigenvalue weighted by Crippen LogP contribution is -2.36. The Morgan fingerprint density at radius 3 is 2.21 bits per heavy atom. The molecule has 0 aliphatic heterocycles. The molecule has 0 amide bonds. The van der Waals surface area contributed by atoms with E-state index in [2.05, 4.69) is 4.72 Å². The van der Waals surface area contributed by atoms with Crippen molar-refractivity contribution in [3.63, 3.8) is 0 Å². The molecule has 19 heavy (non-hydrogen) atoms. The van der Waals surface area contributed by atoms with Gasteiger partial charge in [-0.05, 0) is 35.7 Å². The van der Waals surface area contributed by atoms with Crippen molar-refractivity contribution in [2.24, 2.45) is 5.92 Å². The Morgan fingerprint density at radius 1 is 0.947 bits per heavy atom.